The van der Waals surface area contributed by atoms with Crippen LogP contribution in [0.1, 0.15) is 15.9 Å². The second-order valence-corrected chi connectivity index (χ2v) is 7.30. The number of nitrogens with one attached hydrogen (secondary N) is 1. The molecular formula is C26H21ClN4O. The maximum absolute atomic E-state index is 13.3. The number of pyridine rings is 1. The third-order valence-electron chi connectivity index (χ3n) is 5.12. The van der Waals surface area contributed by atoms with Gasteiger partial charge in [0.2, 0.25) is 0 Å². The van der Waals surface area contributed by atoms with E-state index in [-0.39, 0.29) is 18.3 Å². The minimum Gasteiger partial charge on any atom is -0.322 e. The van der Waals surface area contributed by atoms with Crippen molar-refractivity contribution in [1.29, 1.82) is 0 Å². The van der Waals surface area contributed by atoms with Crippen LogP contribution in [0, 0.1) is 0 Å². The first-order chi connectivity index (χ1) is 15.3. The lowest BCUT2D eigenvalue weighted by atomic mass is 10.0. The third kappa shape index (κ3) is 4.53. The lowest BCUT2D eigenvalue weighted by Gasteiger charge is -2.11. The quantitative estimate of drug-likeness (QED) is 0.374. The summed E-state index contributed by atoms with van der Waals surface area (Å²) in [6.45, 7) is 0.646. The number of halogens is 1. The van der Waals surface area contributed by atoms with Crippen molar-refractivity contribution in [2.45, 2.75) is 6.54 Å². The molecule has 0 radical (unpaired) electrons. The van der Waals surface area contributed by atoms with Gasteiger partial charge in [-0.1, -0.05) is 60.7 Å². The van der Waals surface area contributed by atoms with Crippen LogP contribution < -0.4 is 5.32 Å². The standard InChI is InChI=1S/C26H20N4O.ClH/c31-26(28-21-11-6-8-19(16-21)18-30-15-7-14-27-30)23-17-25(20-9-2-1-3-10-20)29-24-13-5-4-12-22(23)24;/h1-17H,18H2,(H,28,31);1H. The van der Waals surface area contributed by atoms with Crippen LogP contribution in [0.15, 0.2) is 103 Å². The Labute approximate surface area is 192 Å². The molecule has 0 aliphatic carbocycles. The molecule has 0 fully saturated rings. The molecule has 5 aromatic rings. The minimum atomic E-state index is -0.160. The van der Waals surface area contributed by atoms with Gasteiger partial charge in [0.25, 0.3) is 5.91 Å². The maximum atomic E-state index is 13.3. The van der Waals surface area contributed by atoms with Crippen LogP contribution >= 0.6 is 12.4 Å². The van der Waals surface area contributed by atoms with Crippen LogP contribution in [0.2, 0.25) is 0 Å². The molecular weight excluding hydrogens is 420 g/mol. The second kappa shape index (κ2) is 9.45. The molecule has 2 heterocycles. The number of amides is 1. The fraction of sp³-hybridized carbons (Fsp3) is 0.0385. The number of carbonyl (C=O) groups excluding carboxylic acids is 1. The molecule has 0 saturated heterocycles. The van der Waals surface area contributed by atoms with Gasteiger partial charge in [0, 0.05) is 29.0 Å². The van der Waals surface area contributed by atoms with Crippen molar-refractivity contribution in [1.82, 2.24) is 14.8 Å². The van der Waals surface area contributed by atoms with Gasteiger partial charge < -0.3 is 5.32 Å². The van der Waals surface area contributed by atoms with E-state index >= 15 is 0 Å². The summed E-state index contributed by atoms with van der Waals surface area (Å²) in [7, 11) is 0. The summed E-state index contributed by atoms with van der Waals surface area (Å²) in [4.78, 5) is 18.0. The first kappa shape index (κ1) is 21.3. The highest BCUT2D eigenvalue weighted by atomic mass is 35.5. The third-order valence-corrected chi connectivity index (χ3v) is 5.12. The van der Waals surface area contributed by atoms with E-state index in [1.54, 1.807) is 6.20 Å². The van der Waals surface area contributed by atoms with Crippen LogP contribution in [0.25, 0.3) is 22.2 Å². The predicted molar refractivity (Wildman–Crippen MR) is 130 cm³/mol. The number of anilines is 1. The fourth-order valence-corrected chi connectivity index (χ4v) is 3.65. The van der Waals surface area contributed by atoms with Crippen molar-refractivity contribution in [3.05, 3.63) is 115 Å². The summed E-state index contributed by atoms with van der Waals surface area (Å²) in [5.74, 6) is -0.160. The number of aromatic nitrogens is 3. The van der Waals surface area contributed by atoms with Gasteiger partial charge in [-0.15, -0.1) is 12.4 Å². The summed E-state index contributed by atoms with van der Waals surface area (Å²) in [5, 5.41) is 8.12. The zero-order valence-electron chi connectivity index (χ0n) is 17.2. The summed E-state index contributed by atoms with van der Waals surface area (Å²) in [6.07, 6.45) is 3.67. The fourth-order valence-electron chi connectivity index (χ4n) is 3.65. The van der Waals surface area contributed by atoms with Gasteiger partial charge in [-0.3, -0.25) is 9.48 Å². The smallest absolute Gasteiger partial charge is 0.256 e. The number of para-hydroxylation sites is 1. The Balaban J connectivity index is 0.00000245. The highest BCUT2D eigenvalue weighted by molar-refractivity contribution is 6.13. The molecule has 32 heavy (non-hydrogen) atoms. The van der Waals surface area contributed by atoms with Crippen molar-refractivity contribution in [3.8, 4) is 11.3 Å². The normalized spacial score (nSPS) is 10.5. The molecule has 3 aromatic carbocycles. The van der Waals surface area contributed by atoms with Crippen molar-refractivity contribution in [2.24, 2.45) is 0 Å². The Morgan fingerprint density at radius 3 is 2.50 bits per heavy atom. The van der Waals surface area contributed by atoms with E-state index in [1.807, 2.05) is 102 Å². The molecule has 0 bridgehead atoms. The van der Waals surface area contributed by atoms with Gasteiger partial charge in [-0.25, -0.2) is 4.98 Å². The molecule has 2 aromatic heterocycles. The van der Waals surface area contributed by atoms with E-state index < -0.39 is 0 Å². The highest BCUT2D eigenvalue weighted by Crippen LogP contribution is 2.25. The van der Waals surface area contributed by atoms with E-state index in [4.69, 9.17) is 4.98 Å². The topological polar surface area (TPSA) is 59.8 Å². The molecule has 0 atom stereocenters. The monoisotopic (exact) mass is 440 g/mol. The highest BCUT2D eigenvalue weighted by Gasteiger charge is 2.14. The minimum absolute atomic E-state index is 0. The van der Waals surface area contributed by atoms with Gasteiger partial charge in [-0.2, -0.15) is 5.10 Å². The zero-order chi connectivity index (χ0) is 21.0. The average Bonchev–Trinajstić information content (AvgIpc) is 3.32. The van der Waals surface area contributed by atoms with E-state index in [0.717, 1.165) is 33.4 Å². The molecule has 5 nitrogen and oxygen atoms in total. The molecule has 0 saturated carbocycles. The van der Waals surface area contributed by atoms with E-state index in [2.05, 4.69) is 10.4 Å². The van der Waals surface area contributed by atoms with Crippen LogP contribution in [0.3, 0.4) is 0 Å². The number of rotatable bonds is 5. The number of nitrogens with zero attached hydrogens (tertiary/aromatic N) is 3. The Hall–Kier alpha value is -3.96. The molecule has 1 N–H and O–H groups in total. The van der Waals surface area contributed by atoms with E-state index in [1.165, 1.54) is 0 Å². The summed E-state index contributed by atoms with van der Waals surface area (Å²) in [6, 6.07) is 29.2. The molecule has 6 heteroatoms. The van der Waals surface area contributed by atoms with Gasteiger partial charge in [0.15, 0.2) is 0 Å². The average molecular weight is 441 g/mol. The van der Waals surface area contributed by atoms with E-state index in [9.17, 15) is 4.79 Å². The molecule has 0 spiro atoms. The van der Waals surface area contributed by atoms with Crippen molar-refractivity contribution in [2.75, 3.05) is 5.32 Å². The van der Waals surface area contributed by atoms with E-state index in [0.29, 0.717) is 12.1 Å². The Morgan fingerprint density at radius 1 is 0.875 bits per heavy atom. The first-order valence-electron chi connectivity index (χ1n) is 10.1. The maximum Gasteiger partial charge on any atom is 0.256 e. The van der Waals surface area contributed by atoms with Gasteiger partial charge in [0.05, 0.1) is 23.3 Å². The van der Waals surface area contributed by atoms with Gasteiger partial charge in [0.1, 0.15) is 0 Å². The summed E-state index contributed by atoms with van der Waals surface area (Å²) in [5.41, 5.74) is 4.95. The molecule has 5 rings (SSSR count). The van der Waals surface area contributed by atoms with Crippen molar-refractivity contribution < 1.29 is 4.79 Å². The lowest BCUT2D eigenvalue weighted by Crippen LogP contribution is -2.13. The Morgan fingerprint density at radius 2 is 1.69 bits per heavy atom. The van der Waals surface area contributed by atoms with Crippen LogP contribution in [-0.4, -0.2) is 20.7 Å². The zero-order valence-corrected chi connectivity index (χ0v) is 18.0. The van der Waals surface area contributed by atoms with Gasteiger partial charge >= 0.3 is 0 Å². The first-order valence-corrected chi connectivity index (χ1v) is 10.1. The number of fused-ring (bicyclic) bond motifs is 1. The summed E-state index contributed by atoms with van der Waals surface area (Å²) >= 11 is 0. The molecule has 0 aliphatic rings. The molecule has 0 unspecified atom stereocenters. The summed E-state index contributed by atoms with van der Waals surface area (Å²) < 4.78 is 1.85. The van der Waals surface area contributed by atoms with Crippen molar-refractivity contribution in [3.63, 3.8) is 0 Å². The van der Waals surface area contributed by atoms with Crippen molar-refractivity contribution >= 4 is 34.9 Å². The molecule has 1 amide bonds. The van der Waals surface area contributed by atoms with Crippen LogP contribution in [0.4, 0.5) is 5.69 Å². The SMILES string of the molecule is Cl.O=C(Nc1cccc(Cn2cccn2)c1)c1cc(-c2ccccc2)nc2ccccc12. The number of hydrogen-bond donors (Lipinski definition) is 1. The second-order valence-electron chi connectivity index (χ2n) is 7.30. The lowest BCUT2D eigenvalue weighted by molar-refractivity contribution is 0.102. The Kier molecular flexibility index (Phi) is 6.29. The predicted octanol–water partition coefficient (Wildman–Crippen LogP) is 5.82. The Bertz CT molecular complexity index is 1350. The molecule has 0 aliphatic heterocycles. The van der Waals surface area contributed by atoms with Gasteiger partial charge in [-0.05, 0) is 35.9 Å². The largest absolute Gasteiger partial charge is 0.322 e. The number of carbonyl (C=O) groups is 1. The van der Waals surface area contributed by atoms with Crippen LogP contribution in [0.5, 0.6) is 0 Å². The molecule has 158 valence electrons. The van der Waals surface area contributed by atoms with Crippen LogP contribution in [-0.2, 0) is 6.54 Å². The number of hydrogen-bond acceptors (Lipinski definition) is 3. The number of benzene rings is 3.